The molecular weight excluding hydrogens is 418 g/mol. The van der Waals surface area contributed by atoms with E-state index in [2.05, 4.69) is 0 Å². The SMILES string of the molecule is CCOC(=O)C(OCC)(OCC)C(c1ccccc1)C(C#N)S(=O)(=O)c1ccccc1. The highest BCUT2D eigenvalue weighted by molar-refractivity contribution is 7.92. The van der Waals surface area contributed by atoms with Crippen LogP contribution >= 0.6 is 0 Å². The molecule has 31 heavy (non-hydrogen) atoms. The number of carbonyl (C=O) groups is 1. The Hall–Kier alpha value is -2.73. The van der Waals surface area contributed by atoms with Gasteiger partial charge in [0, 0.05) is 13.2 Å². The highest BCUT2D eigenvalue weighted by atomic mass is 32.2. The van der Waals surface area contributed by atoms with Crippen molar-refractivity contribution in [2.24, 2.45) is 0 Å². The number of ether oxygens (including phenoxy) is 3. The van der Waals surface area contributed by atoms with Gasteiger partial charge >= 0.3 is 5.97 Å². The molecule has 0 aliphatic heterocycles. The Kier molecular flexibility index (Phi) is 8.75. The van der Waals surface area contributed by atoms with Gasteiger partial charge in [0.15, 0.2) is 15.1 Å². The first-order chi connectivity index (χ1) is 14.9. The molecule has 0 amide bonds. The largest absolute Gasteiger partial charge is 0.462 e. The fourth-order valence-electron chi connectivity index (χ4n) is 3.46. The predicted molar refractivity (Wildman–Crippen MR) is 115 cm³/mol. The van der Waals surface area contributed by atoms with Crippen molar-refractivity contribution >= 4 is 15.8 Å². The fourth-order valence-corrected chi connectivity index (χ4v) is 5.12. The van der Waals surface area contributed by atoms with Crippen LogP contribution in [0.5, 0.6) is 0 Å². The molecular formula is C23H27NO6S. The first kappa shape index (κ1) is 24.5. The summed E-state index contributed by atoms with van der Waals surface area (Å²) in [7, 11) is -4.20. The number of hydrogen-bond acceptors (Lipinski definition) is 7. The molecule has 0 heterocycles. The van der Waals surface area contributed by atoms with Crippen LogP contribution in [0.3, 0.4) is 0 Å². The van der Waals surface area contributed by atoms with Gasteiger partial charge in [-0.2, -0.15) is 5.26 Å². The van der Waals surface area contributed by atoms with Crippen LogP contribution in [-0.2, 0) is 28.8 Å². The maximum atomic E-state index is 13.5. The molecule has 0 aliphatic carbocycles. The van der Waals surface area contributed by atoms with E-state index in [1.165, 1.54) is 12.1 Å². The van der Waals surface area contributed by atoms with Crippen molar-refractivity contribution in [1.82, 2.24) is 0 Å². The Balaban J connectivity index is 2.81. The van der Waals surface area contributed by atoms with E-state index in [9.17, 15) is 18.5 Å². The lowest BCUT2D eigenvalue weighted by molar-refractivity contribution is -0.254. The molecule has 2 aromatic carbocycles. The van der Waals surface area contributed by atoms with Gasteiger partial charge in [-0.1, -0.05) is 48.5 Å². The van der Waals surface area contributed by atoms with E-state index < -0.39 is 32.8 Å². The molecule has 2 unspecified atom stereocenters. The second-order valence-electron chi connectivity index (χ2n) is 6.55. The molecule has 8 heteroatoms. The summed E-state index contributed by atoms with van der Waals surface area (Å²) in [4.78, 5) is 13.1. The maximum Gasteiger partial charge on any atom is 0.367 e. The zero-order valence-corrected chi connectivity index (χ0v) is 18.7. The van der Waals surface area contributed by atoms with E-state index in [-0.39, 0.29) is 24.7 Å². The van der Waals surface area contributed by atoms with Crippen LogP contribution in [0, 0.1) is 11.3 Å². The normalized spacial score (nSPS) is 13.7. The molecule has 166 valence electrons. The molecule has 0 spiro atoms. The number of nitriles is 1. The molecule has 2 atom stereocenters. The highest BCUT2D eigenvalue weighted by Gasteiger charge is 2.57. The third-order valence-corrected chi connectivity index (χ3v) is 6.66. The van der Waals surface area contributed by atoms with Crippen LogP contribution in [0.2, 0.25) is 0 Å². The zero-order chi connectivity index (χ0) is 22.9. The lowest BCUT2D eigenvalue weighted by atomic mass is 9.87. The molecule has 2 rings (SSSR count). The minimum Gasteiger partial charge on any atom is -0.462 e. The van der Waals surface area contributed by atoms with Crippen molar-refractivity contribution in [2.75, 3.05) is 19.8 Å². The van der Waals surface area contributed by atoms with Crippen molar-refractivity contribution in [3.8, 4) is 6.07 Å². The van der Waals surface area contributed by atoms with Gasteiger partial charge in [0.2, 0.25) is 0 Å². The van der Waals surface area contributed by atoms with E-state index in [4.69, 9.17) is 14.2 Å². The van der Waals surface area contributed by atoms with Crippen molar-refractivity contribution in [3.63, 3.8) is 0 Å². The van der Waals surface area contributed by atoms with E-state index in [0.29, 0.717) is 5.56 Å². The number of sulfone groups is 1. The van der Waals surface area contributed by atoms with Crippen LogP contribution in [0.4, 0.5) is 0 Å². The van der Waals surface area contributed by atoms with E-state index >= 15 is 0 Å². The first-order valence-corrected chi connectivity index (χ1v) is 11.6. The molecule has 7 nitrogen and oxygen atoms in total. The van der Waals surface area contributed by atoms with Gasteiger partial charge in [0.1, 0.15) is 0 Å². The smallest absolute Gasteiger partial charge is 0.367 e. The van der Waals surface area contributed by atoms with Gasteiger partial charge in [0.05, 0.1) is 23.5 Å². The van der Waals surface area contributed by atoms with Gasteiger partial charge in [-0.05, 0) is 38.5 Å². The Morgan fingerprint density at radius 3 is 1.90 bits per heavy atom. The van der Waals surface area contributed by atoms with Gasteiger partial charge in [-0.15, -0.1) is 0 Å². The van der Waals surface area contributed by atoms with Gasteiger partial charge in [0.25, 0.3) is 5.79 Å². The number of carbonyl (C=O) groups excluding carboxylic acids is 1. The Bertz CT molecular complexity index is 980. The van der Waals surface area contributed by atoms with Crippen molar-refractivity contribution in [3.05, 3.63) is 66.2 Å². The summed E-state index contributed by atoms with van der Waals surface area (Å²) in [6.07, 6.45) is 0. The Morgan fingerprint density at radius 1 is 0.935 bits per heavy atom. The minimum atomic E-state index is -4.20. The fraction of sp³-hybridized carbons (Fsp3) is 0.391. The molecule has 0 saturated carbocycles. The Labute approximate surface area is 183 Å². The average molecular weight is 446 g/mol. The zero-order valence-electron chi connectivity index (χ0n) is 17.9. The van der Waals surface area contributed by atoms with E-state index in [1.807, 2.05) is 6.07 Å². The summed E-state index contributed by atoms with van der Waals surface area (Å²) < 4.78 is 43.9. The number of benzene rings is 2. The number of rotatable bonds is 11. The summed E-state index contributed by atoms with van der Waals surface area (Å²) in [5, 5.41) is 8.39. The van der Waals surface area contributed by atoms with Gasteiger partial charge in [-0.25, -0.2) is 13.2 Å². The summed E-state index contributed by atoms with van der Waals surface area (Å²) in [6.45, 7) is 5.03. The number of nitrogens with zero attached hydrogens (tertiary/aromatic N) is 1. The van der Waals surface area contributed by atoms with Crippen molar-refractivity contribution in [1.29, 1.82) is 5.26 Å². The predicted octanol–water partition coefficient (Wildman–Crippen LogP) is 3.47. The van der Waals surface area contributed by atoms with Gasteiger partial charge in [-0.3, -0.25) is 0 Å². The van der Waals surface area contributed by atoms with Crippen LogP contribution in [0.25, 0.3) is 0 Å². The van der Waals surface area contributed by atoms with E-state index in [0.717, 1.165) is 0 Å². The lowest BCUT2D eigenvalue weighted by Crippen LogP contribution is -2.55. The third-order valence-electron chi connectivity index (χ3n) is 4.68. The number of esters is 1. The molecule has 0 aliphatic rings. The van der Waals surface area contributed by atoms with Crippen molar-refractivity contribution < 1.29 is 27.4 Å². The highest BCUT2D eigenvalue weighted by Crippen LogP contribution is 2.41. The quantitative estimate of drug-likeness (QED) is 0.385. The van der Waals surface area contributed by atoms with Crippen LogP contribution in [0.1, 0.15) is 32.3 Å². The molecule has 0 N–H and O–H groups in total. The van der Waals surface area contributed by atoms with Crippen LogP contribution in [-0.4, -0.2) is 45.2 Å². The third kappa shape index (κ3) is 5.13. The Morgan fingerprint density at radius 2 is 1.45 bits per heavy atom. The lowest BCUT2D eigenvalue weighted by Gasteiger charge is -2.39. The summed E-state index contributed by atoms with van der Waals surface area (Å²) in [6, 6.07) is 18.0. The first-order valence-electron chi connectivity index (χ1n) is 10.1. The molecule has 0 aromatic heterocycles. The second kappa shape index (κ2) is 11.0. The van der Waals surface area contributed by atoms with Crippen molar-refractivity contribution in [2.45, 2.75) is 42.6 Å². The topological polar surface area (TPSA) is 103 Å². The molecule has 2 aromatic rings. The van der Waals surface area contributed by atoms with E-state index in [1.54, 1.807) is 69.3 Å². The molecule has 0 radical (unpaired) electrons. The monoisotopic (exact) mass is 445 g/mol. The second-order valence-corrected chi connectivity index (χ2v) is 8.62. The standard InChI is InChI=1S/C23H27NO6S/c1-4-28-22(25)23(29-5-2,30-6-3)21(18-13-9-7-10-14-18)20(17-24)31(26,27)19-15-11-8-12-16-19/h7-16,20-21H,4-6H2,1-3H3. The summed E-state index contributed by atoms with van der Waals surface area (Å²) >= 11 is 0. The van der Waals surface area contributed by atoms with Crippen LogP contribution < -0.4 is 0 Å². The molecule has 0 bridgehead atoms. The average Bonchev–Trinajstić information content (AvgIpc) is 2.78. The maximum absolute atomic E-state index is 13.5. The van der Waals surface area contributed by atoms with Crippen LogP contribution in [0.15, 0.2) is 65.6 Å². The molecule has 0 fully saturated rings. The molecule has 0 saturated heterocycles. The van der Waals surface area contributed by atoms with Gasteiger partial charge < -0.3 is 14.2 Å². The summed E-state index contributed by atoms with van der Waals surface area (Å²) in [5.41, 5.74) is 0.406. The summed E-state index contributed by atoms with van der Waals surface area (Å²) in [5.74, 6) is -4.30. The minimum absolute atomic E-state index is 0.0326. The number of hydrogen-bond donors (Lipinski definition) is 0.